The molecule has 2 amide bonds. The Morgan fingerprint density at radius 3 is 2.35 bits per heavy atom. The molecule has 4 rings (SSSR count). The largest absolute Gasteiger partial charge is 0.496 e. The van der Waals surface area contributed by atoms with Crippen molar-refractivity contribution in [2.45, 2.75) is 6.92 Å². The summed E-state index contributed by atoms with van der Waals surface area (Å²) >= 11 is 0. The predicted octanol–water partition coefficient (Wildman–Crippen LogP) is 6.17. The number of rotatable bonds is 7. The Hall–Kier alpha value is -4.38. The van der Waals surface area contributed by atoms with E-state index < -0.39 is 0 Å². The van der Waals surface area contributed by atoms with Crippen LogP contribution in [0, 0.1) is 0 Å². The van der Waals surface area contributed by atoms with Crippen molar-refractivity contribution < 1.29 is 14.3 Å². The van der Waals surface area contributed by atoms with Crippen LogP contribution < -0.4 is 15.0 Å². The van der Waals surface area contributed by atoms with Gasteiger partial charge in [0.05, 0.1) is 12.8 Å². The molecule has 5 nitrogen and oxygen atoms in total. The molecule has 170 valence electrons. The van der Waals surface area contributed by atoms with Crippen molar-refractivity contribution in [3.05, 3.63) is 108 Å². The van der Waals surface area contributed by atoms with Crippen LogP contribution >= 0.6 is 0 Å². The quantitative estimate of drug-likeness (QED) is 0.343. The molecular formula is C29H26N2O3. The van der Waals surface area contributed by atoms with Crippen molar-refractivity contribution in [2.24, 2.45) is 0 Å². The topological polar surface area (TPSA) is 58.6 Å². The van der Waals surface area contributed by atoms with Crippen LogP contribution in [-0.2, 0) is 4.79 Å². The zero-order chi connectivity index (χ0) is 23.9. The molecule has 1 N–H and O–H groups in total. The zero-order valence-electron chi connectivity index (χ0n) is 19.2. The summed E-state index contributed by atoms with van der Waals surface area (Å²) in [5, 5.41) is 4.95. The van der Waals surface area contributed by atoms with E-state index in [2.05, 4.69) is 5.32 Å². The first-order chi connectivity index (χ1) is 16.6. The second kappa shape index (κ2) is 10.5. The summed E-state index contributed by atoms with van der Waals surface area (Å²) < 4.78 is 5.30. The summed E-state index contributed by atoms with van der Waals surface area (Å²) in [7, 11) is 1.59. The fourth-order valence-corrected chi connectivity index (χ4v) is 3.87. The lowest BCUT2D eigenvalue weighted by Crippen LogP contribution is -2.30. The highest BCUT2D eigenvalue weighted by Crippen LogP contribution is 2.28. The van der Waals surface area contributed by atoms with E-state index in [0.29, 0.717) is 23.5 Å². The standard InChI is InChI=1S/C29H26N2O3/c1-3-31(26-13-8-11-21-9-4-6-12-25(21)26)29(33)23-15-18-24(19-16-23)30-28(32)20-17-22-10-5-7-14-27(22)34-2/h4-20H,3H2,1-2H3,(H,30,32). The van der Waals surface area contributed by atoms with Gasteiger partial charge in [0.1, 0.15) is 5.75 Å². The fraction of sp³-hybridized carbons (Fsp3) is 0.103. The smallest absolute Gasteiger partial charge is 0.258 e. The minimum atomic E-state index is -0.268. The first kappa shape index (κ1) is 22.8. The second-order valence-corrected chi connectivity index (χ2v) is 7.69. The molecule has 0 aliphatic rings. The number of methoxy groups -OCH3 is 1. The van der Waals surface area contributed by atoms with Gasteiger partial charge in [-0.05, 0) is 54.8 Å². The number of hydrogen-bond donors (Lipinski definition) is 1. The number of anilines is 2. The molecule has 34 heavy (non-hydrogen) atoms. The predicted molar refractivity (Wildman–Crippen MR) is 138 cm³/mol. The van der Waals surface area contributed by atoms with E-state index in [-0.39, 0.29) is 11.8 Å². The third-order valence-electron chi connectivity index (χ3n) is 5.57. The Kier molecular flexibility index (Phi) is 7.04. The van der Waals surface area contributed by atoms with Crippen LogP contribution in [0.25, 0.3) is 16.8 Å². The molecule has 0 saturated heterocycles. The van der Waals surface area contributed by atoms with Crippen LogP contribution in [0.1, 0.15) is 22.8 Å². The number of ether oxygens (including phenoxy) is 1. The molecule has 0 bridgehead atoms. The fourth-order valence-electron chi connectivity index (χ4n) is 3.87. The normalized spacial score (nSPS) is 10.9. The summed E-state index contributed by atoms with van der Waals surface area (Å²) in [6.07, 6.45) is 3.16. The molecule has 0 atom stereocenters. The maximum absolute atomic E-state index is 13.3. The third kappa shape index (κ3) is 4.99. The first-order valence-electron chi connectivity index (χ1n) is 11.1. The lowest BCUT2D eigenvalue weighted by Gasteiger charge is -2.23. The highest BCUT2D eigenvalue weighted by atomic mass is 16.5. The number of nitrogens with zero attached hydrogens (tertiary/aromatic N) is 1. The lowest BCUT2D eigenvalue weighted by atomic mass is 10.1. The van der Waals surface area contributed by atoms with Crippen molar-refractivity contribution in [1.29, 1.82) is 0 Å². The Bertz CT molecular complexity index is 1340. The van der Waals surface area contributed by atoms with E-state index in [1.165, 1.54) is 6.08 Å². The van der Waals surface area contributed by atoms with Crippen molar-refractivity contribution in [2.75, 3.05) is 23.9 Å². The molecule has 4 aromatic carbocycles. The van der Waals surface area contributed by atoms with Gasteiger partial charge in [-0.3, -0.25) is 9.59 Å². The van der Waals surface area contributed by atoms with Crippen LogP contribution in [0.3, 0.4) is 0 Å². The summed E-state index contributed by atoms with van der Waals surface area (Å²) in [5.74, 6) is 0.338. The van der Waals surface area contributed by atoms with Crippen LogP contribution in [0.15, 0.2) is 97.1 Å². The van der Waals surface area contributed by atoms with Crippen molar-refractivity contribution in [1.82, 2.24) is 0 Å². The first-order valence-corrected chi connectivity index (χ1v) is 11.1. The number of amides is 2. The minimum absolute atomic E-state index is 0.0900. The monoisotopic (exact) mass is 450 g/mol. The van der Waals surface area contributed by atoms with Gasteiger partial charge in [-0.1, -0.05) is 54.6 Å². The van der Waals surface area contributed by atoms with Crippen LogP contribution in [0.2, 0.25) is 0 Å². The van der Waals surface area contributed by atoms with E-state index >= 15 is 0 Å². The highest BCUT2D eigenvalue weighted by Gasteiger charge is 2.18. The zero-order valence-corrected chi connectivity index (χ0v) is 19.2. The third-order valence-corrected chi connectivity index (χ3v) is 5.57. The molecule has 0 spiro atoms. The van der Waals surface area contributed by atoms with Crippen molar-refractivity contribution in [3.8, 4) is 5.75 Å². The maximum atomic E-state index is 13.3. The number of para-hydroxylation sites is 1. The molecular weight excluding hydrogens is 424 g/mol. The molecule has 0 aliphatic heterocycles. The van der Waals surface area contributed by atoms with Gasteiger partial charge < -0.3 is 15.0 Å². The van der Waals surface area contributed by atoms with E-state index in [4.69, 9.17) is 4.74 Å². The van der Waals surface area contributed by atoms with Gasteiger partial charge in [0.2, 0.25) is 5.91 Å². The van der Waals surface area contributed by atoms with Crippen molar-refractivity contribution >= 4 is 40.0 Å². The number of carbonyl (C=O) groups is 2. The van der Waals surface area contributed by atoms with E-state index in [0.717, 1.165) is 22.0 Å². The Morgan fingerprint density at radius 1 is 0.882 bits per heavy atom. The second-order valence-electron chi connectivity index (χ2n) is 7.69. The highest BCUT2D eigenvalue weighted by molar-refractivity contribution is 6.11. The molecule has 0 unspecified atom stereocenters. The van der Waals surface area contributed by atoms with Gasteiger partial charge >= 0.3 is 0 Å². The lowest BCUT2D eigenvalue weighted by molar-refractivity contribution is -0.111. The van der Waals surface area contributed by atoms with Crippen molar-refractivity contribution in [3.63, 3.8) is 0 Å². The molecule has 0 fully saturated rings. The van der Waals surface area contributed by atoms with E-state index in [9.17, 15) is 9.59 Å². The molecule has 0 aliphatic carbocycles. The van der Waals surface area contributed by atoms with Gasteiger partial charge in [0, 0.05) is 34.8 Å². The number of benzene rings is 4. The SMILES string of the molecule is CCN(C(=O)c1ccc(NC(=O)C=Cc2ccccc2OC)cc1)c1cccc2ccccc12. The Labute approximate surface area is 199 Å². The Balaban J connectivity index is 1.47. The number of fused-ring (bicyclic) bond motifs is 1. The minimum Gasteiger partial charge on any atom is -0.496 e. The number of hydrogen-bond acceptors (Lipinski definition) is 3. The van der Waals surface area contributed by atoms with E-state index in [1.54, 1.807) is 42.4 Å². The average molecular weight is 451 g/mol. The summed E-state index contributed by atoms with van der Waals surface area (Å²) in [6.45, 7) is 2.50. The van der Waals surface area contributed by atoms with Gasteiger partial charge in [0.15, 0.2) is 0 Å². The molecule has 0 radical (unpaired) electrons. The summed E-state index contributed by atoms with van der Waals surface area (Å²) in [5.41, 5.74) is 2.86. The van der Waals surface area contributed by atoms with Crippen LogP contribution in [0.4, 0.5) is 11.4 Å². The molecule has 0 heterocycles. The maximum Gasteiger partial charge on any atom is 0.258 e. The van der Waals surface area contributed by atoms with E-state index in [1.807, 2.05) is 73.7 Å². The number of carbonyl (C=O) groups excluding carboxylic acids is 2. The average Bonchev–Trinajstić information content (AvgIpc) is 2.88. The molecule has 4 aromatic rings. The molecule has 5 heteroatoms. The van der Waals surface area contributed by atoms with Crippen LogP contribution in [-0.4, -0.2) is 25.5 Å². The summed E-state index contributed by atoms with van der Waals surface area (Å²) in [4.78, 5) is 27.4. The summed E-state index contributed by atoms with van der Waals surface area (Å²) in [6, 6.07) is 28.4. The Morgan fingerprint density at radius 2 is 1.59 bits per heavy atom. The number of nitrogens with one attached hydrogen (secondary N) is 1. The van der Waals surface area contributed by atoms with Gasteiger partial charge in [-0.15, -0.1) is 0 Å². The van der Waals surface area contributed by atoms with Crippen LogP contribution in [0.5, 0.6) is 5.75 Å². The van der Waals surface area contributed by atoms with Gasteiger partial charge in [-0.25, -0.2) is 0 Å². The molecule has 0 saturated carbocycles. The van der Waals surface area contributed by atoms with Gasteiger partial charge in [-0.2, -0.15) is 0 Å². The van der Waals surface area contributed by atoms with Gasteiger partial charge in [0.25, 0.3) is 5.91 Å². The molecule has 0 aromatic heterocycles.